The minimum absolute atomic E-state index is 0.0684. The highest BCUT2D eigenvalue weighted by Gasteiger charge is 2.42. The zero-order valence-corrected chi connectivity index (χ0v) is 33.6. The van der Waals surface area contributed by atoms with Crippen LogP contribution in [0.25, 0.3) is 10.9 Å². The minimum atomic E-state index is -2.45. The van der Waals surface area contributed by atoms with Crippen molar-refractivity contribution in [1.29, 1.82) is 0 Å². The fraction of sp³-hybridized carbons (Fsp3) is 0.489. The lowest BCUT2D eigenvalue weighted by Crippen LogP contribution is -2.58. The number of piperidine rings is 2. The van der Waals surface area contributed by atoms with Crippen molar-refractivity contribution in [2.24, 2.45) is 5.92 Å². The molecule has 310 valence electrons. The van der Waals surface area contributed by atoms with Gasteiger partial charge in [0.15, 0.2) is 0 Å². The molecule has 1 aromatic heterocycles. The standard InChI is InChI=1S/C45H51F2N7O5/c1-26-17-34-31-5-3-4-6-35(31)48-42(34)43(53(26)24-40(46)47)32-8-7-29(19-38(32)58-2)51-13-11-27(12-14-51)21-50-15-16-52-30(23-50)25-59-39-20-33-28(18-37(39)52)22-54(45(33)57)36-9-10-41(55)49-44(36)56/h3-8,18-20,26-27,30,36,40,43,48H,9-17,21-25H2,1-2H3,(H,49,55,56)/t26-,30+,36+,43-/m1/s1. The lowest BCUT2D eigenvalue weighted by Gasteiger charge is -2.47. The number of imide groups is 1. The van der Waals surface area contributed by atoms with Crippen LogP contribution in [-0.4, -0.2) is 121 Å². The normalized spacial score (nSPS) is 25.2. The molecule has 3 fully saturated rings. The highest BCUT2D eigenvalue weighted by atomic mass is 19.3. The van der Waals surface area contributed by atoms with E-state index in [1.807, 2.05) is 30.0 Å². The van der Waals surface area contributed by atoms with E-state index in [1.54, 1.807) is 12.0 Å². The maximum absolute atomic E-state index is 14.1. The number of amides is 3. The summed E-state index contributed by atoms with van der Waals surface area (Å²) in [5, 5.41) is 3.53. The third-order valence-corrected chi connectivity index (χ3v) is 13.8. The van der Waals surface area contributed by atoms with Crippen LogP contribution in [0.1, 0.15) is 71.4 Å². The van der Waals surface area contributed by atoms with Gasteiger partial charge in [0.05, 0.1) is 31.4 Å². The topological polar surface area (TPSA) is 114 Å². The predicted molar refractivity (Wildman–Crippen MR) is 220 cm³/mol. The molecule has 0 unspecified atom stereocenters. The van der Waals surface area contributed by atoms with Gasteiger partial charge in [-0.2, -0.15) is 0 Å². The van der Waals surface area contributed by atoms with Crippen LogP contribution in [0, 0.1) is 5.92 Å². The van der Waals surface area contributed by atoms with E-state index in [1.165, 1.54) is 5.56 Å². The summed E-state index contributed by atoms with van der Waals surface area (Å²) in [4.78, 5) is 52.2. The number of piperazine rings is 1. The average molecular weight is 808 g/mol. The number of fused-ring (bicyclic) bond motifs is 7. The number of hydrogen-bond acceptors (Lipinski definition) is 9. The molecule has 2 N–H and O–H groups in total. The molecule has 4 atom stereocenters. The van der Waals surface area contributed by atoms with Crippen LogP contribution in [-0.2, 0) is 22.6 Å². The molecule has 4 aromatic rings. The molecule has 6 aliphatic heterocycles. The lowest BCUT2D eigenvalue weighted by molar-refractivity contribution is -0.136. The quantitative estimate of drug-likeness (QED) is 0.228. The molecular weight excluding hydrogens is 757 g/mol. The second kappa shape index (κ2) is 15.1. The molecule has 3 amide bonds. The van der Waals surface area contributed by atoms with Crippen molar-refractivity contribution in [1.82, 2.24) is 25.0 Å². The first-order chi connectivity index (χ1) is 28.6. The molecule has 0 radical (unpaired) electrons. The van der Waals surface area contributed by atoms with E-state index in [0.29, 0.717) is 49.0 Å². The number of H-pyrrole nitrogens is 1. The number of aromatic nitrogens is 1. The molecule has 0 bridgehead atoms. The van der Waals surface area contributed by atoms with Crippen molar-refractivity contribution in [3.05, 3.63) is 82.5 Å². The maximum atomic E-state index is 14.1. The van der Waals surface area contributed by atoms with Crippen LogP contribution < -0.4 is 24.6 Å². The average Bonchev–Trinajstić information content (AvgIpc) is 3.76. The molecule has 12 nitrogen and oxygen atoms in total. The highest BCUT2D eigenvalue weighted by Crippen LogP contribution is 2.45. The molecule has 14 heteroatoms. The Morgan fingerprint density at radius 1 is 0.966 bits per heavy atom. The number of methoxy groups -OCH3 is 1. The molecule has 59 heavy (non-hydrogen) atoms. The summed E-state index contributed by atoms with van der Waals surface area (Å²) in [7, 11) is 1.67. The summed E-state index contributed by atoms with van der Waals surface area (Å²) in [6.07, 6.45) is 0.953. The third kappa shape index (κ3) is 6.77. The van der Waals surface area contributed by atoms with Crippen molar-refractivity contribution < 1.29 is 32.6 Å². The van der Waals surface area contributed by atoms with Crippen LogP contribution >= 0.6 is 0 Å². The van der Waals surface area contributed by atoms with Crippen LogP contribution in [0.2, 0.25) is 0 Å². The molecule has 7 heterocycles. The van der Waals surface area contributed by atoms with Gasteiger partial charge < -0.3 is 29.2 Å². The summed E-state index contributed by atoms with van der Waals surface area (Å²) in [6, 6.07) is 17.5. The zero-order valence-electron chi connectivity index (χ0n) is 33.6. The molecule has 6 aliphatic rings. The van der Waals surface area contributed by atoms with Crippen molar-refractivity contribution in [2.75, 3.05) is 69.3 Å². The summed E-state index contributed by atoms with van der Waals surface area (Å²) in [5.41, 5.74) is 7.65. The summed E-state index contributed by atoms with van der Waals surface area (Å²) in [5.74, 6) is 1.10. The van der Waals surface area contributed by atoms with Crippen molar-refractivity contribution >= 4 is 40.0 Å². The predicted octanol–water partition coefficient (Wildman–Crippen LogP) is 5.34. The molecule has 0 saturated carbocycles. The Bertz CT molecular complexity index is 2310. The number of halogens is 2. The van der Waals surface area contributed by atoms with Crippen LogP contribution in [0.15, 0.2) is 54.6 Å². The van der Waals surface area contributed by atoms with Crippen molar-refractivity contribution in [3.63, 3.8) is 0 Å². The van der Waals surface area contributed by atoms with E-state index in [9.17, 15) is 23.2 Å². The first kappa shape index (κ1) is 38.0. The van der Waals surface area contributed by atoms with E-state index in [0.717, 1.165) is 91.2 Å². The minimum Gasteiger partial charge on any atom is -0.496 e. The molecule has 3 saturated heterocycles. The second-order valence-electron chi connectivity index (χ2n) is 17.3. The van der Waals surface area contributed by atoms with Crippen molar-refractivity contribution in [3.8, 4) is 11.5 Å². The largest absolute Gasteiger partial charge is 0.496 e. The number of hydrogen-bond donors (Lipinski definition) is 2. The Balaban J connectivity index is 0.783. The van der Waals surface area contributed by atoms with Crippen LogP contribution in [0.4, 0.5) is 20.2 Å². The van der Waals surface area contributed by atoms with Gasteiger partial charge in [0.25, 0.3) is 12.3 Å². The zero-order chi connectivity index (χ0) is 40.5. The number of anilines is 2. The van der Waals surface area contributed by atoms with Crippen molar-refractivity contribution in [2.45, 2.75) is 76.2 Å². The number of nitrogens with one attached hydrogen (secondary N) is 2. The third-order valence-electron chi connectivity index (χ3n) is 13.8. The van der Waals surface area contributed by atoms with E-state index in [4.69, 9.17) is 9.47 Å². The number of rotatable bonds is 8. The molecular formula is C45H51F2N7O5. The van der Waals surface area contributed by atoms with E-state index in [-0.39, 0.29) is 42.9 Å². The Morgan fingerprint density at radius 3 is 2.59 bits per heavy atom. The maximum Gasteiger partial charge on any atom is 0.255 e. The Kier molecular flexibility index (Phi) is 9.74. The number of carbonyl (C=O) groups excluding carboxylic acids is 3. The highest BCUT2D eigenvalue weighted by molar-refractivity contribution is 6.06. The summed E-state index contributed by atoms with van der Waals surface area (Å²) < 4.78 is 40.5. The molecule has 10 rings (SSSR count). The fourth-order valence-corrected chi connectivity index (χ4v) is 10.8. The Labute approximate surface area is 342 Å². The Hall–Kier alpha value is -5.21. The molecule has 3 aromatic carbocycles. The first-order valence-electron chi connectivity index (χ1n) is 21.1. The summed E-state index contributed by atoms with van der Waals surface area (Å²) in [6.45, 7) is 8.21. The fourth-order valence-electron chi connectivity index (χ4n) is 10.8. The molecule has 0 spiro atoms. The van der Waals surface area contributed by atoms with Gasteiger partial charge in [0, 0.05) is 97.8 Å². The van der Waals surface area contributed by atoms with E-state index >= 15 is 0 Å². The van der Waals surface area contributed by atoms with Gasteiger partial charge in [-0.05, 0) is 73.9 Å². The van der Waals surface area contributed by atoms with Crippen LogP contribution in [0.3, 0.4) is 0 Å². The SMILES string of the molecule is COc1cc(N2CCC(CN3CCN4c5cc6c(cc5OC[C@@H]4C3)C(=O)N([C@H]3CCC(=O)NC3=O)C6)CC2)ccc1[C@@H]1c2[nH]c3ccccc3c2C[C@@H](C)N1CC(F)F. The monoisotopic (exact) mass is 807 g/mol. The van der Waals surface area contributed by atoms with Gasteiger partial charge in [-0.25, -0.2) is 8.78 Å². The van der Waals surface area contributed by atoms with Gasteiger partial charge in [-0.15, -0.1) is 0 Å². The second-order valence-corrected chi connectivity index (χ2v) is 17.3. The first-order valence-corrected chi connectivity index (χ1v) is 21.1. The van der Waals surface area contributed by atoms with Gasteiger partial charge in [-0.1, -0.05) is 24.3 Å². The van der Waals surface area contributed by atoms with Gasteiger partial charge in [-0.3, -0.25) is 29.5 Å². The Morgan fingerprint density at radius 2 is 1.80 bits per heavy atom. The smallest absolute Gasteiger partial charge is 0.255 e. The summed E-state index contributed by atoms with van der Waals surface area (Å²) >= 11 is 0. The van der Waals surface area contributed by atoms with E-state index in [2.05, 4.69) is 61.4 Å². The number of carbonyl (C=O) groups is 3. The molecule has 0 aliphatic carbocycles. The number of benzene rings is 3. The lowest BCUT2D eigenvalue weighted by atomic mass is 9.88. The van der Waals surface area contributed by atoms with Gasteiger partial charge >= 0.3 is 0 Å². The number of para-hydroxylation sites is 1. The number of aromatic amines is 1. The van der Waals surface area contributed by atoms with Gasteiger partial charge in [0.1, 0.15) is 24.1 Å². The number of alkyl halides is 2. The van der Waals surface area contributed by atoms with Gasteiger partial charge in [0.2, 0.25) is 11.8 Å². The number of ether oxygens (including phenoxy) is 2. The van der Waals surface area contributed by atoms with Crippen LogP contribution in [0.5, 0.6) is 11.5 Å². The number of nitrogens with zero attached hydrogens (tertiary/aromatic N) is 5. The van der Waals surface area contributed by atoms with E-state index < -0.39 is 18.4 Å².